The molecular formula is C26H33F3N4O3. The third-order valence-corrected chi connectivity index (χ3v) is 7.26. The minimum absolute atomic E-state index is 0.0320. The zero-order valence-electron chi connectivity index (χ0n) is 20.8. The number of halogens is 3. The van der Waals surface area contributed by atoms with Gasteiger partial charge in [0.1, 0.15) is 5.82 Å². The number of rotatable bonds is 7. The van der Waals surface area contributed by atoms with Crippen molar-refractivity contribution in [1.29, 1.82) is 0 Å². The monoisotopic (exact) mass is 506 g/mol. The Labute approximate surface area is 208 Å². The van der Waals surface area contributed by atoms with E-state index < -0.39 is 35.3 Å². The van der Waals surface area contributed by atoms with Crippen molar-refractivity contribution in [3.05, 3.63) is 63.3 Å². The highest BCUT2D eigenvalue weighted by Crippen LogP contribution is 2.29. The minimum atomic E-state index is -2.96. The second-order valence-electron chi connectivity index (χ2n) is 10.1. The molecule has 1 amide bonds. The van der Waals surface area contributed by atoms with E-state index in [4.69, 9.17) is 4.74 Å². The number of likely N-dealkylation sites (tertiary alicyclic amines) is 1. The largest absolute Gasteiger partial charge is 0.381 e. The van der Waals surface area contributed by atoms with E-state index in [1.54, 1.807) is 0 Å². The molecule has 7 nitrogen and oxygen atoms in total. The maximum Gasteiger partial charge on any atom is 0.266 e. The second-order valence-corrected chi connectivity index (χ2v) is 10.1. The van der Waals surface area contributed by atoms with E-state index in [0.717, 1.165) is 32.0 Å². The van der Waals surface area contributed by atoms with E-state index in [1.807, 2.05) is 14.0 Å². The van der Waals surface area contributed by atoms with Gasteiger partial charge in [-0.15, -0.1) is 0 Å². The predicted molar refractivity (Wildman–Crippen MR) is 131 cm³/mol. The van der Waals surface area contributed by atoms with Crippen molar-refractivity contribution >= 4 is 11.6 Å². The number of pyridine rings is 1. The third-order valence-electron chi connectivity index (χ3n) is 7.26. The van der Waals surface area contributed by atoms with Crippen molar-refractivity contribution in [3.8, 4) is 0 Å². The van der Waals surface area contributed by atoms with Gasteiger partial charge in [0.05, 0.1) is 35.0 Å². The summed E-state index contributed by atoms with van der Waals surface area (Å²) in [6.45, 7) is 6.08. The van der Waals surface area contributed by atoms with Crippen molar-refractivity contribution in [1.82, 2.24) is 14.8 Å². The zero-order chi connectivity index (χ0) is 26.0. The van der Waals surface area contributed by atoms with Crippen molar-refractivity contribution in [3.63, 3.8) is 0 Å². The molecule has 2 aromatic rings. The Bertz CT molecular complexity index is 1160. The quantitative estimate of drug-likeness (QED) is 0.593. The first-order chi connectivity index (χ1) is 17.1. The van der Waals surface area contributed by atoms with Gasteiger partial charge >= 0.3 is 0 Å². The van der Waals surface area contributed by atoms with Crippen LogP contribution in [0.2, 0.25) is 0 Å². The number of alkyl halides is 2. The molecular weight excluding hydrogens is 473 g/mol. The van der Waals surface area contributed by atoms with Crippen LogP contribution >= 0.6 is 0 Å². The lowest BCUT2D eigenvalue weighted by molar-refractivity contribution is 0.0938. The number of amides is 1. The van der Waals surface area contributed by atoms with Gasteiger partial charge in [0.2, 0.25) is 0 Å². The fourth-order valence-corrected chi connectivity index (χ4v) is 4.90. The molecule has 196 valence electrons. The molecule has 2 aliphatic rings. The number of benzene rings is 1. The molecule has 36 heavy (non-hydrogen) atoms. The highest BCUT2D eigenvalue weighted by atomic mass is 19.3. The SMILES string of the molecule is CC(NC(=O)c1cn([C@@]2(C)CCOC2)c(=O)cc1NC1CCN(C)CC1)c1cccc(C(F)F)c1F. The third kappa shape index (κ3) is 5.44. The van der Waals surface area contributed by atoms with E-state index in [0.29, 0.717) is 25.3 Å². The lowest BCUT2D eigenvalue weighted by Crippen LogP contribution is -2.41. The van der Waals surface area contributed by atoms with E-state index in [9.17, 15) is 22.8 Å². The summed E-state index contributed by atoms with van der Waals surface area (Å²) in [6, 6.07) is 4.39. The van der Waals surface area contributed by atoms with Gasteiger partial charge in [-0.2, -0.15) is 0 Å². The van der Waals surface area contributed by atoms with Crippen LogP contribution in [0.5, 0.6) is 0 Å². The van der Waals surface area contributed by atoms with Gasteiger partial charge in [0, 0.05) is 30.5 Å². The minimum Gasteiger partial charge on any atom is -0.381 e. The summed E-state index contributed by atoms with van der Waals surface area (Å²) in [5, 5.41) is 6.10. The second kappa shape index (κ2) is 10.6. The Hall–Kier alpha value is -2.85. The summed E-state index contributed by atoms with van der Waals surface area (Å²) < 4.78 is 48.1. The van der Waals surface area contributed by atoms with Crippen molar-refractivity contribution < 1.29 is 22.7 Å². The van der Waals surface area contributed by atoms with Gasteiger partial charge in [0.25, 0.3) is 17.9 Å². The van der Waals surface area contributed by atoms with Crippen molar-refractivity contribution in [2.24, 2.45) is 0 Å². The van der Waals surface area contributed by atoms with Gasteiger partial charge in [-0.3, -0.25) is 9.59 Å². The number of anilines is 1. The number of piperidine rings is 1. The van der Waals surface area contributed by atoms with Crippen LogP contribution < -0.4 is 16.2 Å². The highest BCUT2D eigenvalue weighted by Gasteiger charge is 2.34. The standard InChI is InChI=1S/C26H33F3N4O3/c1-16(18-5-4-6-19(23(18)27)24(28)29)30-25(35)20-14-33(26(2)9-12-36-15-26)22(34)13-21(20)31-17-7-10-32(3)11-8-17/h4-6,13-14,16-17,24,31H,7-12,15H2,1-3H3,(H,30,35)/t16?,26-/m0/s1. The molecule has 2 fully saturated rings. The molecule has 0 aliphatic carbocycles. The Morgan fingerprint density at radius 3 is 2.56 bits per heavy atom. The van der Waals surface area contributed by atoms with Crippen LogP contribution in [0.1, 0.15) is 67.1 Å². The summed E-state index contributed by atoms with van der Waals surface area (Å²) in [4.78, 5) is 28.8. The summed E-state index contributed by atoms with van der Waals surface area (Å²) in [6.07, 6.45) is 0.902. The van der Waals surface area contributed by atoms with Gasteiger partial charge in [-0.25, -0.2) is 13.2 Å². The molecule has 0 spiro atoms. The van der Waals surface area contributed by atoms with Crippen LogP contribution in [0.15, 0.2) is 35.3 Å². The molecule has 1 aromatic carbocycles. The molecule has 4 rings (SSSR count). The van der Waals surface area contributed by atoms with E-state index >= 15 is 0 Å². The zero-order valence-corrected chi connectivity index (χ0v) is 20.8. The average Bonchev–Trinajstić information content (AvgIpc) is 3.27. The van der Waals surface area contributed by atoms with Crippen LogP contribution in [-0.2, 0) is 10.3 Å². The molecule has 0 bridgehead atoms. The molecule has 1 unspecified atom stereocenters. The number of hydrogen-bond donors (Lipinski definition) is 2. The predicted octanol–water partition coefficient (Wildman–Crippen LogP) is 4.06. The lowest BCUT2D eigenvalue weighted by Gasteiger charge is -2.31. The fourth-order valence-electron chi connectivity index (χ4n) is 4.90. The number of hydrogen-bond acceptors (Lipinski definition) is 5. The van der Waals surface area contributed by atoms with Gasteiger partial charge in [0.15, 0.2) is 0 Å². The Morgan fingerprint density at radius 1 is 1.22 bits per heavy atom. The first-order valence-corrected chi connectivity index (χ1v) is 12.3. The van der Waals surface area contributed by atoms with Gasteiger partial charge in [-0.05, 0) is 53.2 Å². The molecule has 3 heterocycles. The van der Waals surface area contributed by atoms with Crippen molar-refractivity contribution in [2.75, 3.05) is 38.7 Å². The normalized spacial score (nSPS) is 22.1. The molecule has 2 saturated heterocycles. The van der Waals surface area contributed by atoms with Crippen LogP contribution in [0, 0.1) is 5.82 Å². The lowest BCUT2D eigenvalue weighted by atomic mass is 9.99. The molecule has 2 aliphatic heterocycles. The van der Waals surface area contributed by atoms with Crippen LogP contribution in [0.4, 0.5) is 18.9 Å². The number of carbonyl (C=O) groups excluding carboxylic acids is 1. The number of nitrogens with zero attached hydrogens (tertiary/aromatic N) is 2. The van der Waals surface area contributed by atoms with E-state index in [1.165, 1.54) is 35.9 Å². The molecule has 0 radical (unpaired) electrons. The molecule has 2 atom stereocenters. The molecule has 2 N–H and O–H groups in total. The molecule has 10 heteroatoms. The topological polar surface area (TPSA) is 75.6 Å². The average molecular weight is 507 g/mol. The maximum atomic E-state index is 14.7. The number of carbonyl (C=O) groups is 1. The summed E-state index contributed by atoms with van der Waals surface area (Å²) >= 11 is 0. The van der Waals surface area contributed by atoms with Crippen LogP contribution in [-0.4, -0.2) is 54.8 Å². The summed E-state index contributed by atoms with van der Waals surface area (Å²) in [5.41, 5.74) is -0.949. The van der Waals surface area contributed by atoms with Crippen LogP contribution in [0.25, 0.3) is 0 Å². The Morgan fingerprint density at radius 2 is 1.92 bits per heavy atom. The summed E-state index contributed by atoms with van der Waals surface area (Å²) in [5.74, 6) is -1.57. The Kier molecular flexibility index (Phi) is 7.75. The highest BCUT2D eigenvalue weighted by molar-refractivity contribution is 5.99. The number of nitrogens with one attached hydrogen (secondary N) is 2. The molecule has 1 aromatic heterocycles. The van der Waals surface area contributed by atoms with Crippen LogP contribution in [0.3, 0.4) is 0 Å². The summed E-state index contributed by atoms with van der Waals surface area (Å²) in [7, 11) is 2.05. The van der Waals surface area contributed by atoms with E-state index in [-0.39, 0.29) is 22.7 Å². The van der Waals surface area contributed by atoms with Gasteiger partial charge in [-0.1, -0.05) is 18.2 Å². The maximum absolute atomic E-state index is 14.7. The smallest absolute Gasteiger partial charge is 0.266 e. The number of ether oxygens (including phenoxy) is 1. The van der Waals surface area contributed by atoms with Crippen molar-refractivity contribution in [2.45, 2.75) is 57.2 Å². The molecule has 0 saturated carbocycles. The van der Waals surface area contributed by atoms with Gasteiger partial charge < -0.3 is 24.8 Å². The first kappa shape index (κ1) is 26.2. The Balaban J connectivity index is 1.66. The number of aromatic nitrogens is 1. The first-order valence-electron chi connectivity index (χ1n) is 12.3. The van der Waals surface area contributed by atoms with E-state index in [2.05, 4.69) is 15.5 Å². The fraction of sp³-hybridized carbons (Fsp3) is 0.538.